The summed E-state index contributed by atoms with van der Waals surface area (Å²) in [4.78, 5) is 21.0. The third-order valence-corrected chi connectivity index (χ3v) is 7.08. The molecule has 32 heavy (non-hydrogen) atoms. The maximum Gasteiger partial charge on any atom is 0.243 e. The largest absolute Gasteiger partial charge is 0.376 e. The van der Waals surface area contributed by atoms with Crippen molar-refractivity contribution in [2.24, 2.45) is 4.99 Å². The van der Waals surface area contributed by atoms with Crippen molar-refractivity contribution in [1.82, 2.24) is 20.4 Å². The first-order chi connectivity index (χ1) is 15.6. The second-order valence-electron chi connectivity index (χ2n) is 9.68. The average Bonchev–Trinajstić information content (AvgIpc) is 3.03. The minimum atomic E-state index is 0.0118. The van der Waals surface area contributed by atoms with Gasteiger partial charge in [-0.25, -0.2) is 4.99 Å². The summed E-state index contributed by atoms with van der Waals surface area (Å²) in [7, 11) is 3.54. The van der Waals surface area contributed by atoms with E-state index in [2.05, 4.69) is 50.9 Å². The third kappa shape index (κ3) is 6.23. The number of aliphatic imine (C=N–C) groups is 1. The lowest BCUT2D eigenvalue weighted by Crippen LogP contribution is -2.53. The van der Waals surface area contributed by atoms with Gasteiger partial charge in [-0.2, -0.15) is 0 Å². The van der Waals surface area contributed by atoms with Crippen molar-refractivity contribution in [3.8, 4) is 0 Å². The van der Waals surface area contributed by atoms with E-state index in [4.69, 9.17) is 4.74 Å². The third-order valence-electron chi connectivity index (χ3n) is 7.08. The zero-order valence-corrected chi connectivity index (χ0v) is 19.6. The molecule has 0 spiro atoms. The first-order valence-corrected chi connectivity index (χ1v) is 12.2. The van der Waals surface area contributed by atoms with Crippen LogP contribution in [0, 0.1) is 0 Å². The second kappa shape index (κ2) is 11.1. The van der Waals surface area contributed by atoms with E-state index in [1.54, 1.807) is 19.0 Å². The van der Waals surface area contributed by atoms with E-state index in [0.717, 1.165) is 51.3 Å². The molecule has 2 bridgehead atoms. The van der Waals surface area contributed by atoms with Crippen LogP contribution in [0.1, 0.15) is 50.5 Å². The van der Waals surface area contributed by atoms with Crippen LogP contribution in [0.4, 0.5) is 0 Å². The molecule has 0 aromatic heterocycles. The van der Waals surface area contributed by atoms with E-state index in [0.29, 0.717) is 18.1 Å². The van der Waals surface area contributed by atoms with Gasteiger partial charge < -0.3 is 20.3 Å². The van der Waals surface area contributed by atoms with Crippen LogP contribution in [0.2, 0.25) is 0 Å². The average molecular weight is 442 g/mol. The van der Waals surface area contributed by atoms with Crippen LogP contribution >= 0.6 is 0 Å². The topological polar surface area (TPSA) is 69.2 Å². The molecular weight excluding hydrogens is 402 g/mol. The van der Waals surface area contributed by atoms with Gasteiger partial charge in [0.1, 0.15) is 6.54 Å². The number of nitrogens with zero attached hydrogens (tertiary/aromatic N) is 3. The standard InChI is InChI=1S/C25H39N5O2/c1-29(2)24(31)17-27-25(26-16-23-10-6-7-13-32-23)28-20-14-21-11-12-22(15-20)30(21)18-19-8-4-3-5-9-19/h3-5,8-9,20-23H,6-7,10-18H2,1-2H3,(H2,26,27,28). The number of benzene rings is 1. The molecule has 3 unspecified atom stereocenters. The number of hydrogen-bond acceptors (Lipinski definition) is 4. The van der Waals surface area contributed by atoms with Gasteiger partial charge in [0, 0.05) is 51.9 Å². The molecule has 3 saturated heterocycles. The van der Waals surface area contributed by atoms with Crippen molar-refractivity contribution in [3.63, 3.8) is 0 Å². The first kappa shape index (κ1) is 23.1. The van der Waals surface area contributed by atoms with Crippen LogP contribution in [0.3, 0.4) is 0 Å². The molecule has 176 valence electrons. The fourth-order valence-corrected chi connectivity index (χ4v) is 5.26. The Morgan fingerprint density at radius 3 is 2.53 bits per heavy atom. The Labute approximate surface area is 192 Å². The Kier molecular flexibility index (Phi) is 8.03. The lowest BCUT2D eigenvalue weighted by atomic mass is 9.96. The number of guanidine groups is 1. The Morgan fingerprint density at radius 1 is 1.12 bits per heavy atom. The van der Waals surface area contributed by atoms with Gasteiger partial charge in [-0.1, -0.05) is 30.3 Å². The van der Waals surface area contributed by atoms with Crippen LogP contribution in [0.25, 0.3) is 0 Å². The van der Waals surface area contributed by atoms with Crippen molar-refractivity contribution < 1.29 is 9.53 Å². The van der Waals surface area contributed by atoms with Crippen LogP contribution in [-0.2, 0) is 16.1 Å². The van der Waals surface area contributed by atoms with Crippen molar-refractivity contribution in [2.75, 3.05) is 33.8 Å². The van der Waals surface area contributed by atoms with Crippen molar-refractivity contribution >= 4 is 11.9 Å². The van der Waals surface area contributed by atoms with E-state index in [9.17, 15) is 4.79 Å². The van der Waals surface area contributed by atoms with Crippen LogP contribution in [0.5, 0.6) is 0 Å². The van der Waals surface area contributed by atoms with Gasteiger partial charge in [0.2, 0.25) is 5.91 Å². The molecule has 7 nitrogen and oxygen atoms in total. The molecule has 0 radical (unpaired) electrons. The predicted octanol–water partition coefficient (Wildman–Crippen LogP) is 2.37. The number of nitrogens with one attached hydrogen (secondary N) is 2. The first-order valence-electron chi connectivity index (χ1n) is 12.2. The fourth-order valence-electron chi connectivity index (χ4n) is 5.26. The van der Waals surface area contributed by atoms with Crippen LogP contribution < -0.4 is 10.6 Å². The van der Waals surface area contributed by atoms with E-state index in [1.165, 1.54) is 24.8 Å². The smallest absolute Gasteiger partial charge is 0.243 e. The molecule has 1 aromatic rings. The minimum absolute atomic E-state index is 0.0118. The summed E-state index contributed by atoms with van der Waals surface area (Å²) < 4.78 is 5.87. The lowest BCUT2D eigenvalue weighted by molar-refractivity contribution is -0.127. The fraction of sp³-hybridized carbons (Fsp3) is 0.680. The highest BCUT2D eigenvalue weighted by molar-refractivity contribution is 5.85. The number of fused-ring (bicyclic) bond motifs is 2. The number of amides is 1. The van der Waals surface area contributed by atoms with Gasteiger partial charge >= 0.3 is 0 Å². The summed E-state index contributed by atoms with van der Waals surface area (Å²) in [5, 5.41) is 7.12. The van der Waals surface area contributed by atoms with Gasteiger partial charge in [-0.05, 0) is 50.5 Å². The molecule has 3 aliphatic heterocycles. The molecule has 3 aliphatic rings. The van der Waals surface area contributed by atoms with E-state index in [1.807, 2.05) is 0 Å². The number of rotatable bonds is 7. The van der Waals surface area contributed by atoms with Gasteiger partial charge in [0.05, 0.1) is 6.10 Å². The molecule has 3 fully saturated rings. The van der Waals surface area contributed by atoms with Crippen molar-refractivity contribution in [3.05, 3.63) is 35.9 Å². The molecule has 1 aromatic carbocycles. The summed E-state index contributed by atoms with van der Waals surface area (Å²) in [6.07, 6.45) is 8.45. The zero-order valence-electron chi connectivity index (χ0n) is 19.6. The number of carbonyl (C=O) groups excluding carboxylic acids is 1. The van der Waals surface area contributed by atoms with Gasteiger partial charge in [0.15, 0.2) is 5.96 Å². The Balaban J connectivity index is 1.35. The number of hydrogen-bond donors (Lipinski definition) is 2. The molecule has 4 rings (SSSR count). The quantitative estimate of drug-likeness (QED) is 0.502. The van der Waals surface area contributed by atoms with Crippen molar-refractivity contribution in [2.45, 2.75) is 75.7 Å². The predicted molar refractivity (Wildman–Crippen MR) is 128 cm³/mol. The normalized spacial score (nSPS) is 28.4. The van der Waals surface area contributed by atoms with Gasteiger partial charge in [0.25, 0.3) is 0 Å². The number of ether oxygens (including phenoxy) is 1. The highest BCUT2D eigenvalue weighted by Crippen LogP contribution is 2.36. The number of piperidine rings is 1. The SMILES string of the molecule is CN(C)C(=O)CN=C(NCC1CCCCO1)NC1CC2CCC(C1)N2Cc1ccccc1. The zero-order chi connectivity index (χ0) is 22.3. The summed E-state index contributed by atoms with van der Waals surface area (Å²) in [6, 6.07) is 12.4. The van der Waals surface area contributed by atoms with Gasteiger partial charge in [-0.15, -0.1) is 0 Å². The molecule has 0 aliphatic carbocycles. The molecule has 2 N–H and O–H groups in total. The minimum Gasteiger partial charge on any atom is -0.376 e. The Hall–Kier alpha value is -2.12. The highest BCUT2D eigenvalue weighted by atomic mass is 16.5. The summed E-state index contributed by atoms with van der Waals surface area (Å²) in [5.41, 5.74) is 1.40. The molecule has 3 heterocycles. The lowest BCUT2D eigenvalue weighted by Gasteiger charge is -2.39. The van der Waals surface area contributed by atoms with E-state index >= 15 is 0 Å². The monoisotopic (exact) mass is 441 g/mol. The van der Waals surface area contributed by atoms with Crippen LogP contribution in [0.15, 0.2) is 35.3 Å². The number of likely N-dealkylation sites (N-methyl/N-ethyl adjacent to an activating group) is 1. The number of carbonyl (C=O) groups is 1. The maximum absolute atomic E-state index is 12.1. The van der Waals surface area contributed by atoms with Crippen LogP contribution in [-0.4, -0.2) is 79.7 Å². The molecule has 7 heteroatoms. The maximum atomic E-state index is 12.1. The summed E-state index contributed by atoms with van der Waals surface area (Å²) in [6.45, 7) is 2.78. The summed E-state index contributed by atoms with van der Waals surface area (Å²) in [5.74, 6) is 0.757. The second-order valence-corrected chi connectivity index (χ2v) is 9.68. The highest BCUT2D eigenvalue weighted by Gasteiger charge is 2.40. The Bertz CT molecular complexity index is 749. The molecule has 0 saturated carbocycles. The molecule has 1 amide bonds. The van der Waals surface area contributed by atoms with Gasteiger partial charge in [-0.3, -0.25) is 9.69 Å². The Morgan fingerprint density at radius 2 is 1.88 bits per heavy atom. The molecule has 3 atom stereocenters. The molecular formula is C25H39N5O2. The van der Waals surface area contributed by atoms with Crippen molar-refractivity contribution in [1.29, 1.82) is 0 Å². The van der Waals surface area contributed by atoms with E-state index in [-0.39, 0.29) is 18.6 Å². The van der Waals surface area contributed by atoms with E-state index < -0.39 is 0 Å². The summed E-state index contributed by atoms with van der Waals surface area (Å²) >= 11 is 0.